The number of unbranched alkanes of at least 4 members (excludes halogenated alkanes) is 24. The molecule has 0 saturated heterocycles. The molecule has 306 valence electrons. The second kappa shape index (κ2) is 40.5. The van der Waals surface area contributed by atoms with E-state index in [-0.39, 0.29) is 24.9 Å². The standard InChI is InChI=1S/C46H87NO5/c1-4-7-10-13-16-19-22-24-25-28-31-34-37-42(52-46(51)39-36-33-30-27-23-20-17-14-11-8-5-2)40-45(50)47-43(41-48)44(49)38-35-32-29-26-21-18-15-12-9-6-3/h7,10,16,19,42-44,48-49H,4-6,8-9,11-15,17-18,20-41H2,1-3H3,(H,47,50)/b10-7+,19-16+. The highest BCUT2D eigenvalue weighted by Gasteiger charge is 2.24. The molecule has 0 spiro atoms. The molecule has 1 amide bonds. The van der Waals surface area contributed by atoms with Crippen molar-refractivity contribution in [2.45, 2.75) is 251 Å². The van der Waals surface area contributed by atoms with Crippen molar-refractivity contribution < 1.29 is 24.5 Å². The topological polar surface area (TPSA) is 95.9 Å². The first-order valence-electron chi connectivity index (χ1n) is 22.6. The van der Waals surface area contributed by atoms with E-state index in [0.717, 1.165) is 77.0 Å². The lowest BCUT2D eigenvalue weighted by atomic mass is 10.0. The fourth-order valence-corrected chi connectivity index (χ4v) is 6.88. The van der Waals surface area contributed by atoms with Gasteiger partial charge < -0.3 is 20.3 Å². The molecule has 0 bridgehead atoms. The first kappa shape index (κ1) is 50.3. The lowest BCUT2D eigenvalue weighted by Crippen LogP contribution is -2.46. The van der Waals surface area contributed by atoms with E-state index >= 15 is 0 Å². The van der Waals surface area contributed by atoms with E-state index < -0.39 is 18.2 Å². The normalized spacial score (nSPS) is 13.6. The van der Waals surface area contributed by atoms with Gasteiger partial charge in [0.15, 0.2) is 0 Å². The average molecular weight is 734 g/mol. The van der Waals surface area contributed by atoms with Crippen LogP contribution >= 0.6 is 0 Å². The maximum atomic E-state index is 13.1. The number of hydrogen-bond donors (Lipinski definition) is 3. The summed E-state index contributed by atoms with van der Waals surface area (Å²) in [5, 5.41) is 23.6. The number of aliphatic hydroxyl groups excluding tert-OH is 2. The summed E-state index contributed by atoms with van der Waals surface area (Å²) in [4.78, 5) is 25.9. The van der Waals surface area contributed by atoms with Gasteiger partial charge in [-0.05, 0) is 51.4 Å². The summed E-state index contributed by atoms with van der Waals surface area (Å²) in [6.07, 6.45) is 43.8. The van der Waals surface area contributed by atoms with Crippen LogP contribution in [0.25, 0.3) is 0 Å². The molecule has 3 unspecified atom stereocenters. The van der Waals surface area contributed by atoms with Gasteiger partial charge >= 0.3 is 5.97 Å². The summed E-state index contributed by atoms with van der Waals surface area (Å²) >= 11 is 0. The van der Waals surface area contributed by atoms with Crippen LogP contribution in [0.1, 0.15) is 233 Å². The maximum Gasteiger partial charge on any atom is 0.306 e. The molecule has 3 N–H and O–H groups in total. The van der Waals surface area contributed by atoms with Crippen LogP contribution in [0.2, 0.25) is 0 Å². The van der Waals surface area contributed by atoms with Crippen molar-refractivity contribution >= 4 is 11.9 Å². The van der Waals surface area contributed by atoms with Crippen LogP contribution in [0.3, 0.4) is 0 Å². The van der Waals surface area contributed by atoms with E-state index in [2.05, 4.69) is 50.4 Å². The number of allylic oxidation sites excluding steroid dienone is 4. The van der Waals surface area contributed by atoms with Crippen LogP contribution in [0.15, 0.2) is 24.3 Å². The van der Waals surface area contributed by atoms with E-state index in [1.807, 2.05) is 0 Å². The summed E-state index contributed by atoms with van der Waals surface area (Å²) in [5.74, 6) is -0.483. The van der Waals surface area contributed by atoms with E-state index in [4.69, 9.17) is 4.74 Å². The molecule has 0 rings (SSSR count). The van der Waals surface area contributed by atoms with Crippen LogP contribution in [-0.4, -0.2) is 46.9 Å². The molecule has 0 aromatic rings. The number of hydrogen-bond acceptors (Lipinski definition) is 5. The SMILES string of the molecule is CC/C=C/C/C=C/CCCCCCCC(CC(=O)NC(CO)C(O)CCCCCCCCCCCC)OC(=O)CCCCCCCCCCCCC. The summed E-state index contributed by atoms with van der Waals surface area (Å²) in [6.45, 7) is 6.34. The van der Waals surface area contributed by atoms with Gasteiger partial charge in [-0.25, -0.2) is 0 Å². The Labute approximate surface area is 322 Å². The number of esters is 1. The van der Waals surface area contributed by atoms with Crippen LogP contribution in [0.5, 0.6) is 0 Å². The Morgan fingerprint density at radius 2 is 1.04 bits per heavy atom. The Balaban J connectivity index is 4.60. The Bertz CT molecular complexity index is 828. The molecule has 0 aromatic carbocycles. The molecule has 6 heteroatoms. The fraction of sp³-hybridized carbons (Fsp3) is 0.870. The molecule has 0 fully saturated rings. The molecular formula is C46H87NO5. The second-order valence-corrected chi connectivity index (χ2v) is 15.4. The zero-order chi connectivity index (χ0) is 38.2. The van der Waals surface area contributed by atoms with E-state index in [1.165, 1.54) is 109 Å². The second-order valence-electron chi connectivity index (χ2n) is 15.4. The third kappa shape index (κ3) is 35.4. The van der Waals surface area contributed by atoms with Gasteiger partial charge in [0, 0.05) is 6.42 Å². The predicted octanol–water partition coefficient (Wildman–Crippen LogP) is 12.8. The van der Waals surface area contributed by atoms with Crippen molar-refractivity contribution in [1.82, 2.24) is 5.32 Å². The van der Waals surface area contributed by atoms with Gasteiger partial charge in [-0.1, -0.05) is 193 Å². The summed E-state index contributed by atoms with van der Waals surface area (Å²) in [7, 11) is 0. The quantitative estimate of drug-likeness (QED) is 0.0331. The Morgan fingerprint density at radius 1 is 0.577 bits per heavy atom. The molecule has 3 atom stereocenters. The van der Waals surface area contributed by atoms with E-state index in [1.54, 1.807) is 0 Å². The first-order valence-corrected chi connectivity index (χ1v) is 22.6. The van der Waals surface area contributed by atoms with Crippen molar-refractivity contribution in [1.29, 1.82) is 0 Å². The number of carbonyl (C=O) groups is 2. The third-order valence-corrected chi connectivity index (χ3v) is 10.3. The summed E-state index contributed by atoms with van der Waals surface area (Å²) in [5.41, 5.74) is 0. The molecule has 52 heavy (non-hydrogen) atoms. The van der Waals surface area contributed by atoms with Crippen molar-refractivity contribution in [3.05, 3.63) is 24.3 Å². The molecule has 6 nitrogen and oxygen atoms in total. The van der Waals surface area contributed by atoms with Gasteiger partial charge in [0.2, 0.25) is 5.91 Å². The molecule has 0 aliphatic carbocycles. The Hall–Kier alpha value is -1.66. The molecular weight excluding hydrogens is 647 g/mol. The zero-order valence-electron chi connectivity index (χ0n) is 34.7. The number of carbonyl (C=O) groups excluding carboxylic acids is 2. The van der Waals surface area contributed by atoms with Gasteiger partial charge in [0.25, 0.3) is 0 Å². The summed E-state index contributed by atoms with van der Waals surface area (Å²) in [6, 6.07) is -0.699. The smallest absolute Gasteiger partial charge is 0.306 e. The van der Waals surface area contributed by atoms with Crippen LogP contribution in [-0.2, 0) is 14.3 Å². The van der Waals surface area contributed by atoms with Crippen molar-refractivity contribution in [2.75, 3.05) is 6.61 Å². The van der Waals surface area contributed by atoms with E-state index in [0.29, 0.717) is 19.3 Å². The number of rotatable bonds is 40. The minimum atomic E-state index is -0.785. The summed E-state index contributed by atoms with van der Waals surface area (Å²) < 4.78 is 5.89. The van der Waals surface area contributed by atoms with Crippen LogP contribution < -0.4 is 5.32 Å². The number of amides is 1. The third-order valence-electron chi connectivity index (χ3n) is 10.3. The van der Waals surface area contributed by atoms with Gasteiger partial charge in [0.1, 0.15) is 6.10 Å². The highest BCUT2D eigenvalue weighted by molar-refractivity contribution is 5.77. The zero-order valence-corrected chi connectivity index (χ0v) is 34.7. The highest BCUT2D eigenvalue weighted by atomic mass is 16.5. The largest absolute Gasteiger partial charge is 0.462 e. The molecule has 0 aliphatic rings. The molecule has 0 saturated carbocycles. The monoisotopic (exact) mass is 734 g/mol. The van der Waals surface area contributed by atoms with Crippen molar-refractivity contribution in [3.63, 3.8) is 0 Å². The molecule has 0 aromatic heterocycles. The van der Waals surface area contributed by atoms with Gasteiger partial charge in [-0.15, -0.1) is 0 Å². The lowest BCUT2D eigenvalue weighted by Gasteiger charge is -2.24. The average Bonchev–Trinajstić information content (AvgIpc) is 3.13. The van der Waals surface area contributed by atoms with Crippen molar-refractivity contribution in [3.8, 4) is 0 Å². The lowest BCUT2D eigenvalue weighted by molar-refractivity contribution is -0.151. The molecule has 0 heterocycles. The van der Waals surface area contributed by atoms with E-state index in [9.17, 15) is 19.8 Å². The Morgan fingerprint density at radius 3 is 1.56 bits per heavy atom. The minimum Gasteiger partial charge on any atom is -0.462 e. The van der Waals surface area contributed by atoms with Crippen LogP contribution in [0, 0.1) is 0 Å². The predicted molar refractivity (Wildman–Crippen MR) is 223 cm³/mol. The van der Waals surface area contributed by atoms with Gasteiger partial charge in [-0.2, -0.15) is 0 Å². The highest BCUT2D eigenvalue weighted by Crippen LogP contribution is 2.17. The van der Waals surface area contributed by atoms with Gasteiger partial charge in [-0.3, -0.25) is 9.59 Å². The molecule has 0 aliphatic heterocycles. The molecule has 0 radical (unpaired) electrons. The number of aliphatic hydroxyl groups is 2. The number of nitrogens with one attached hydrogen (secondary N) is 1. The van der Waals surface area contributed by atoms with Crippen LogP contribution in [0.4, 0.5) is 0 Å². The fourth-order valence-electron chi connectivity index (χ4n) is 6.88. The van der Waals surface area contributed by atoms with Crippen molar-refractivity contribution in [2.24, 2.45) is 0 Å². The first-order chi connectivity index (χ1) is 25.5. The minimum absolute atomic E-state index is 0.0722. The Kier molecular flexibility index (Phi) is 39.2. The van der Waals surface area contributed by atoms with Gasteiger partial charge in [0.05, 0.1) is 25.2 Å². The number of ether oxygens (including phenoxy) is 1. The maximum absolute atomic E-state index is 13.1.